The maximum absolute atomic E-state index is 15.0. The molecule has 0 unspecified atom stereocenters. The summed E-state index contributed by atoms with van der Waals surface area (Å²) in [6.45, 7) is 0.409. The number of ether oxygens (including phenoxy) is 1. The first-order chi connectivity index (χ1) is 13.8. The van der Waals surface area contributed by atoms with Crippen LogP contribution < -0.4 is 5.32 Å². The predicted molar refractivity (Wildman–Crippen MR) is 107 cm³/mol. The number of phenols is 1. The molecule has 1 fully saturated rings. The van der Waals surface area contributed by atoms with Gasteiger partial charge in [0.1, 0.15) is 18.0 Å². The molecule has 3 rings (SSSR count). The van der Waals surface area contributed by atoms with Crippen LogP contribution in [0.3, 0.4) is 0 Å². The number of benzene rings is 2. The maximum atomic E-state index is 15.0. The van der Waals surface area contributed by atoms with Crippen molar-refractivity contribution in [3.05, 3.63) is 64.7 Å². The van der Waals surface area contributed by atoms with E-state index in [0.717, 1.165) is 5.56 Å². The van der Waals surface area contributed by atoms with Crippen LogP contribution >= 0.6 is 11.6 Å². The summed E-state index contributed by atoms with van der Waals surface area (Å²) in [5, 5.41) is 12.4. The zero-order valence-electron chi connectivity index (χ0n) is 15.7. The Labute approximate surface area is 173 Å². The highest BCUT2D eigenvalue weighted by molar-refractivity contribution is 6.30. The molecule has 0 atom stereocenters. The van der Waals surface area contributed by atoms with Gasteiger partial charge in [-0.3, -0.25) is 4.79 Å². The van der Waals surface area contributed by atoms with Gasteiger partial charge in [0.15, 0.2) is 0 Å². The number of hydrogen-bond acceptors (Lipinski definition) is 4. The zero-order valence-corrected chi connectivity index (χ0v) is 16.5. The minimum absolute atomic E-state index is 0.0545. The first-order valence-corrected chi connectivity index (χ1v) is 9.65. The lowest BCUT2D eigenvalue weighted by Crippen LogP contribution is -2.49. The molecule has 29 heavy (non-hydrogen) atoms. The van der Waals surface area contributed by atoms with Gasteiger partial charge < -0.3 is 20.1 Å². The Morgan fingerprint density at radius 2 is 1.72 bits per heavy atom. The third-order valence-electron chi connectivity index (χ3n) is 4.89. The zero-order chi connectivity index (χ0) is 20.9. The van der Waals surface area contributed by atoms with Crippen LogP contribution in [0.25, 0.3) is 0 Å². The second-order valence-electron chi connectivity index (χ2n) is 7.05. The molecule has 2 aromatic rings. The summed E-state index contributed by atoms with van der Waals surface area (Å²) in [5.74, 6) is -0.356. The molecule has 1 aliphatic rings. The van der Waals surface area contributed by atoms with E-state index in [1.165, 1.54) is 29.2 Å². The van der Waals surface area contributed by atoms with Crippen LogP contribution in [-0.4, -0.2) is 47.3 Å². The molecule has 0 spiro atoms. The number of nitrogens with one attached hydrogen (secondary N) is 1. The molecule has 154 valence electrons. The Hall–Kier alpha value is -2.80. The second-order valence-corrected chi connectivity index (χ2v) is 7.48. The minimum atomic E-state index is -1.58. The van der Waals surface area contributed by atoms with Crippen LogP contribution in [0.15, 0.2) is 48.5 Å². The molecule has 0 radical (unpaired) electrons. The van der Waals surface area contributed by atoms with E-state index in [9.17, 15) is 19.1 Å². The number of carbonyl (C=O) groups excluding carboxylic acids is 2. The lowest BCUT2D eigenvalue weighted by molar-refractivity contribution is 0.0398. The number of rotatable bonds is 5. The first kappa shape index (κ1) is 20.9. The summed E-state index contributed by atoms with van der Waals surface area (Å²) < 4.78 is 20.3. The Morgan fingerprint density at radius 3 is 2.34 bits per heavy atom. The van der Waals surface area contributed by atoms with Crippen molar-refractivity contribution < 1.29 is 23.8 Å². The van der Waals surface area contributed by atoms with E-state index < -0.39 is 17.7 Å². The number of aromatic hydroxyl groups is 1. The summed E-state index contributed by atoms with van der Waals surface area (Å²) in [5.41, 5.74) is -0.425. The Kier molecular flexibility index (Phi) is 6.59. The number of nitrogens with zero attached hydrogens (tertiary/aromatic N) is 1. The van der Waals surface area contributed by atoms with Crippen molar-refractivity contribution in [3.8, 4) is 5.75 Å². The van der Waals surface area contributed by atoms with E-state index in [4.69, 9.17) is 16.3 Å². The predicted octanol–water partition coefficient (Wildman–Crippen LogP) is 3.92. The average molecular weight is 421 g/mol. The number of likely N-dealkylation sites (tertiary alicyclic amines) is 1. The van der Waals surface area contributed by atoms with E-state index in [1.54, 1.807) is 24.3 Å². The van der Waals surface area contributed by atoms with Crippen molar-refractivity contribution in [1.29, 1.82) is 0 Å². The van der Waals surface area contributed by atoms with Gasteiger partial charge in [0.05, 0.1) is 6.54 Å². The molecule has 2 aromatic carbocycles. The SMILES string of the molecule is O=C(NCC1(F)CCN(C(=O)OCc2ccc(Cl)cc2)CC1)c1ccc(O)cc1. The summed E-state index contributed by atoms with van der Waals surface area (Å²) in [6, 6.07) is 12.7. The molecule has 8 heteroatoms. The number of alkyl halides is 1. The monoisotopic (exact) mass is 420 g/mol. The van der Waals surface area contributed by atoms with E-state index in [0.29, 0.717) is 10.6 Å². The maximum Gasteiger partial charge on any atom is 0.410 e. The van der Waals surface area contributed by atoms with Gasteiger partial charge in [0.25, 0.3) is 5.91 Å². The van der Waals surface area contributed by atoms with Gasteiger partial charge in [0.2, 0.25) is 0 Å². The van der Waals surface area contributed by atoms with Crippen LogP contribution in [0.4, 0.5) is 9.18 Å². The molecule has 6 nitrogen and oxygen atoms in total. The van der Waals surface area contributed by atoms with Gasteiger partial charge in [-0.15, -0.1) is 0 Å². The van der Waals surface area contributed by atoms with Crippen LogP contribution in [0, 0.1) is 0 Å². The molecule has 0 bridgehead atoms. The third-order valence-corrected chi connectivity index (χ3v) is 5.14. The van der Waals surface area contributed by atoms with Gasteiger partial charge in [-0.2, -0.15) is 0 Å². The lowest BCUT2D eigenvalue weighted by Gasteiger charge is -2.35. The third kappa shape index (κ3) is 5.84. The highest BCUT2D eigenvalue weighted by Gasteiger charge is 2.36. The fourth-order valence-electron chi connectivity index (χ4n) is 3.04. The summed E-state index contributed by atoms with van der Waals surface area (Å²) in [4.78, 5) is 25.8. The summed E-state index contributed by atoms with van der Waals surface area (Å²) >= 11 is 5.82. The summed E-state index contributed by atoms with van der Waals surface area (Å²) in [6.07, 6.45) is -0.271. The number of carbonyl (C=O) groups is 2. The number of amides is 2. The summed E-state index contributed by atoms with van der Waals surface area (Å²) in [7, 11) is 0. The van der Waals surface area contributed by atoms with Gasteiger partial charge in [-0.1, -0.05) is 23.7 Å². The van der Waals surface area contributed by atoms with Crippen LogP contribution in [0.5, 0.6) is 5.75 Å². The van der Waals surface area contributed by atoms with Crippen LogP contribution in [0.2, 0.25) is 5.02 Å². The standard InChI is InChI=1S/C21H22ClFN2O4/c22-17-5-1-15(2-6-17)13-29-20(28)25-11-9-21(23,10-12-25)14-24-19(27)16-3-7-18(26)8-4-16/h1-8,26H,9-14H2,(H,24,27). The quantitative estimate of drug-likeness (QED) is 0.768. The van der Waals surface area contributed by atoms with Gasteiger partial charge in [0, 0.05) is 36.5 Å². The van der Waals surface area contributed by atoms with Crippen LogP contribution in [-0.2, 0) is 11.3 Å². The molecule has 0 aromatic heterocycles. The largest absolute Gasteiger partial charge is 0.508 e. The van der Waals surface area contributed by atoms with Gasteiger partial charge in [-0.25, -0.2) is 9.18 Å². The number of piperidine rings is 1. The van der Waals surface area contributed by atoms with Crippen molar-refractivity contribution >= 4 is 23.6 Å². The fourth-order valence-corrected chi connectivity index (χ4v) is 3.16. The molecule has 1 aliphatic heterocycles. The average Bonchev–Trinajstić information content (AvgIpc) is 2.72. The Balaban J connectivity index is 1.43. The number of hydrogen-bond donors (Lipinski definition) is 2. The highest BCUT2D eigenvalue weighted by Crippen LogP contribution is 2.26. The topological polar surface area (TPSA) is 78.9 Å². The van der Waals surface area contributed by atoms with E-state index in [-0.39, 0.29) is 44.8 Å². The number of phenolic OH excluding ortho intramolecular Hbond substituents is 1. The van der Waals surface area contributed by atoms with E-state index >= 15 is 0 Å². The molecular weight excluding hydrogens is 399 g/mol. The van der Waals surface area contributed by atoms with E-state index in [2.05, 4.69) is 5.32 Å². The Bertz CT molecular complexity index is 850. The number of halogens is 2. The highest BCUT2D eigenvalue weighted by atomic mass is 35.5. The normalized spacial score (nSPS) is 15.6. The molecule has 2 amide bonds. The fraction of sp³-hybridized carbons (Fsp3) is 0.333. The Morgan fingerprint density at radius 1 is 1.10 bits per heavy atom. The molecule has 2 N–H and O–H groups in total. The molecular formula is C21H22ClFN2O4. The molecule has 0 aliphatic carbocycles. The van der Waals surface area contributed by atoms with Crippen molar-refractivity contribution in [1.82, 2.24) is 10.2 Å². The lowest BCUT2D eigenvalue weighted by atomic mass is 9.93. The van der Waals surface area contributed by atoms with E-state index in [1.807, 2.05) is 0 Å². The van der Waals surface area contributed by atoms with Gasteiger partial charge in [-0.05, 0) is 42.0 Å². The van der Waals surface area contributed by atoms with Gasteiger partial charge >= 0.3 is 6.09 Å². The van der Waals surface area contributed by atoms with Crippen molar-refractivity contribution in [2.45, 2.75) is 25.1 Å². The van der Waals surface area contributed by atoms with Crippen LogP contribution in [0.1, 0.15) is 28.8 Å². The molecule has 0 saturated carbocycles. The second kappa shape index (κ2) is 9.13. The molecule has 1 heterocycles. The van der Waals surface area contributed by atoms with Crippen molar-refractivity contribution in [2.75, 3.05) is 19.6 Å². The first-order valence-electron chi connectivity index (χ1n) is 9.27. The smallest absolute Gasteiger partial charge is 0.410 e. The minimum Gasteiger partial charge on any atom is -0.508 e. The molecule has 1 saturated heterocycles. The van der Waals surface area contributed by atoms with Crippen molar-refractivity contribution in [3.63, 3.8) is 0 Å². The van der Waals surface area contributed by atoms with Crippen molar-refractivity contribution in [2.24, 2.45) is 0 Å².